The van der Waals surface area contributed by atoms with Crippen LogP contribution in [-0.2, 0) is 19.1 Å². The third kappa shape index (κ3) is 6.16. The number of aliphatic carboxylic acids is 1. The van der Waals surface area contributed by atoms with E-state index in [1.807, 2.05) is 13.8 Å². The van der Waals surface area contributed by atoms with Crippen molar-refractivity contribution in [2.75, 3.05) is 0 Å². The molecule has 0 fully saturated rings. The van der Waals surface area contributed by atoms with Crippen LogP contribution in [0.25, 0.3) is 0 Å². The zero-order valence-electron chi connectivity index (χ0n) is 9.69. The molecule has 0 saturated carbocycles. The summed E-state index contributed by atoms with van der Waals surface area (Å²) >= 11 is 0. The highest BCUT2D eigenvalue weighted by Gasteiger charge is 2.19. The molecule has 16 heavy (non-hydrogen) atoms. The van der Waals surface area contributed by atoms with Gasteiger partial charge in [0.15, 0.2) is 0 Å². The number of carboxylic acids is 1. The second-order valence-electron chi connectivity index (χ2n) is 3.55. The molecular weight excluding hydrogens is 212 g/mol. The third-order valence-corrected chi connectivity index (χ3v) is 2.30. The van der Waals surface area contributed by atoms with Gasteiger partial charge < -0.3 is 9.84 Å². The highest BCUT2D eigenvalue weighted by Crippen LogP contribution is 2.10. The summed E-state index contributed by atoms with van der Waals surface area (Å²) in [5, 5.41) is 8.35. The highest BCUT2D eigenvalue weighted by molar-refractivity contribution is 5.86. The molecule has 0 saturated heterocycles. The molecular formula is C11H18O5. The maximum absolute atomic E-state index is 11.4. The first-order valence-electron chi connectivity index (χ1n) is 5.47. The van der Waals surface area contributed by atoms with Crippen LogP contribution in [-0.4, -0.2) is 23.0 Å². The predicted molar refractivity (Wildman–Crippen MR) is 56.7 cm³/mol. The van der Waals surface area contributed by atoms with Gasteiger partial charge in [-0.3, -0.25) is 14.4 Å². The van der Waals surface area contributed by atoms with Gasteiger partial charge in [0.1, 0.15) is 0 Å². The van der Waals surface area contributed by atoms with E-state index in [1.165, 1.54) is 0 Å². The van der Waals surface area contributed by atoms with Crippen LogP contribution in [0.3, 0.4) is 0 Å². The van der Waals surface area contributed by atoms with Crippen molar-refractivity contribution >= 4 is 17.9 Å². The molecule has 0 aliphatic rings. The standard InChI is InChI=1S/C11H18O5/c1-3-8(4-2)11(15)16-10(14)7-5-6-9(12)13/h8H,3-7H2,1-2H3,(H,12,13). The molecule has 0 aromatic heterocycles. The summed E-state index contributed by atoms with van der Waals surface area (Å²) in [4.78, 5) is 32.7. The van der Waals surface area contributed by atoms with Gasteiger partial charge in [-0.1, -0.05) is 13.8 Å². The Balaban J connectivity index is 3.86. The maximum Gasteiger partial charge on any atom is 0.316 e. The van der Waals surface area contributed by atoms with Gasteiger partial charge >= 0.3 is 17.9 Å². The summed E-state index contributed by atoms with van der Waals surface area (Å²) in [6.45, 7) is 3.70. The predicted octanol–water partition coefficient (Wildman–Crippen LogP) is 1.75. The van der Waals surface area contributed by atoms with Crippen LogP contribution < -0.4 is 0 Å². The highest BCUT2D eigenvalue weighted by atomic mass is 16.6. The summed E-state index contributed by atoms with van der Waals surface area (Å²) < 4.78 is 4.61. The Labute approximate surface area is 94.8 Å². The van der Waals surface area contributed by atoms with E-state index in [-0.39, 0.29) is 25.2 Å². The van der Waals surface area contributed by atoms with E-state index in [1.54, 1.807) is 0 Å². The second kappa shape index (κ2) is 7.84. The zero-order valence-corrected chi connectivity index (χ0v) is 9.69. The molecule has 92 valence electrons. The summed E-state index contributed by atoms with van der Waals surface area (Å²) in [6.07, 6.45) is 1.35. The van der Waals surface area contributed by atoms with Crippen LogP contribution in [0.2, 0.25) is 0 Å². The minimum absolute atomic E-state index is 0.0296. The van der Waals surface area contributed by atoms with E-state index in [4.69, 9.17) is 5.11 Å². The molecule has 0 heterocycles. The molecule has 0 radical (unpaired) electrons. The van der Waals surface area contributed by atoms with Gasteiger partial charge in [0.25, 0.3) is 0 Å². The van der Waals surface area contributed by atoms with Gasteiger partial charge in [0, 0.05) is 12.8 Å². The van der Waals surface area contributed by atoms with Gasteiger partial charge in [-0.15, -0.1) is 0 Å². The molecule has 0 aromatic carbocycles. The third-order valence-electron chi connectivity index (χ3n) is 2.30. The zero-order chi connectivity index (χ0) is 12.6. The van der Waals surface area contributed by atoms with Gasteiger partial charge in [-0.25, -0.2) is 0 Å². The number of carbonyl (C=O) groups excluding carboxylic acids is 2. The minimum atomic E-state index is -0.959. The van der Waals surface area contributed by atoms with E-state index >= 15 is 0 Å². The lowest BCUT2D eigenvalue weighted by Crippen LogP contribution is -2.20. The fourth-order valence-corrected chi connectivity index (χ4v) is 1.25. The van der Waals surface area contributed by atoms with E-state index in [0.717, 1.165) is 0 Å². The van der Waals surface area contributed by atoms with E-state index < -0.39 is 17.9 Å². The lowest BCUT2D eigenvalue weighted by molar-refractivity contribution is -0.162. The number of ether oxygens (including phenoxy) is 1. The van der Waals surface area contributed by atoms with Crippen molar-refractivity contribution in [3.8, 4) is 0 Å². The van der Waals surface area contributed by atoms with Crippen LogP contribution in [0.5, 0.6) is 0 Å². The van der Waals surface area contributed by atoms with Crippen LogP contribution in [0, 0.1) is 5.92 Å². The van der Waals surface area contributed by atoms with Gasteiger partial charge in [-0.05, 0) is 19.3 Å². The number of carbonyl (C=O) groups is 3. The second-order valence-corrected chi connectivity index (χ2v) is 3.55. The van der Waals surface area contributed by atoms with Crippen molar-refractivity contribution in [2.24, 2.45) is 5.92 Å². The number of carboxylic acid groups (broad SMARTS) is 1. The van der Waals surface area contributed by atoms with Crippen molar-refractivity contribution in [3.05, 3.63) is 0 Å². The van der Waals surface area contributed by atoms with Gasteiger partial charge in [-0.2, -0.15) is 0 Å². The molecule has 0 amide bonds. The topological polar surface area (TPSA) is 80.7 Å². The lowest BCUT2D eigenvalue weighted by atomic mass is 10.0. The summed E-state index contributed by atoms with van der Waals surface area (Å²) in [6, 6.07) is 0. The monoisotopic (exact) mass is 230 g/mol. The van der Waals surface area contributed by atoms with E-state index in [0.29, 0.717) is 12.8 Å². The fraction of sp³-hybridized carbons (Fsp3) is 0.727. The molecule has 0 aliphatic heterocycles. The first kappa shape index (κ1) is 14.6. The molecule has 0 bridgehead atoms. The van der Waals surface area contributed by atoms with E-state index in [2.05, 4.69) is 4.74 Å². The molecule has 5 heteroatoms. The lowest BCUT2D eigenvalue weighted by Gasteiger charge is -2.09. The Morgan fingerprint density at radius 2 is 1.69 bits per heavy atom. The molecule has 0 unspecified atom stereocenters. The minimum Gasteiger partial charge on any atom is -0.481 e. The van der Waals surface area contributed by atoms with Crippen molar-refractivity contribution in [1.29, 1.82) is 0 Å². The molecule has 5 nitrogen and oxygen atoms in total. The Bertz CT molecular complexity index is 255. The summed E-state index contributed by atoms with van der Waals surface area (Å²) in [7, 11) is 0. The Morgan fingerprint density at radius 1 is 1.12 bits per heavy atom. The average Bonchev–Trinajstić information content (AvgIpc) is 2.18. The molecule has 0 spiro atoms. The first-order valence-corrected chi connectivity index (χ1v) is 5.47. The largest absolute Gasteiger partial charge is 0.481 e. The Kier molecular flexibility index (Phi) is 7.16. The van der Waals surface area contributed by atoms with Crippen molar-refractivity contribution in [1.82, 2.24) is 0 Å². The van der Waals surface area contributed by atoms with Gasteiger partial charge in [0.05, 0.1) is 5.92 Å². The SMILES string of the molecule is CCC(CC)C(=O)OC(=O)CCCC(=O)O. The summed E-state index contributed by atoms with van der Waals surface area (Å²) in [5.74, 6) is -2.36. The van der Waals surface area contributed by atoms with Crippen LogP contribution in [0.1, 0.15) is 46.0 Å². The van der Waals surface area contributed by atoms with Crippen molar-refractivity contribution < 1.29 is 24.2 Å². The Hall–Kier alpha value is -1.39. The number of esters is 2. The molecule has 0 rings (SSSR count). The normalized spacial score (nSPS) is 10.2. The number of hydrogen-bond acceptors (Lipinski definition) is 4. The quantitative estimate of drug-likeness (QED) is 0.532. The fourth-order valence-electron chi connectivity index (χ4n) is 1.25. The number of hydrogen-bond donors (Lipinski definition) is 1. The van der Waals surface area contributed by atoms with Crippen molar-refractivity contribution in [3.63, 3.8) is 0 Å². The smallest absolute Gasteiger partial charge is 0.316 e. The molecule has 0 atom stereocenters. The first-order chi connectivity index (χ1) is 7.51. The maximum atomic E-state index is 11.4. The van der Waals surface area contributed by atoms with E-state index in [9.17, 15) is 14.4 Å². The number of rotatable bonds is 7. The van der Waals surface area contributed by atoms with Gasteiger partial charge in [0.2, 0.25) is 0 Å². The van der Waals surface area contributed by atoms with Crippen LogP contribution in [0.15, 0.2) is 0 Å². The van der Waals surface area contributed by atoms with Crippen molar-refractivity contribution in [2.45, 2.75) is 46.0 Å². The average molecular weight is 230 g/mol. The summed E-state index contributed by atoms with van der Waals surface area (Å²) in [5.41, 5.74) is 0. The molecule has 0 aromatic rings. The Morgan fingerprint density at radius 3 is 2.12 bits per heavy atom. The molecule has 1 N–H and O–H groups in total. The van der Waals surface area contributed by atoms with Crippen LogP contribution >= 0.6 is 0 Å². The molecule has 0 aliphatic carbocycles. The van der Waals surface area contributed by atoms with Crippen LogP contribution in [0.4, 0.5) is 0 Å².